The third kappa shape index (κ3) is 3.17. The Morgan fingerprint density at radius 2 is 2.15 bits per heavy atom. The first-order chi connectivity index (χ1) is 9.51. The van der Waals surface area contributed by atoms with Gasteiger partial charge in [-0.25, -0.2) is 4.39 Å². The minimum atomic E-state index is -0.826. The van der Waals surface area contributed by atoms with Crippen LogP contribution in [0.15, 0.2) is 24.3 Å². The van der Waals surface area contributed by atoms with E-state index >= 15 is 0 Å². The third-order valence-electron chi connectivity index (χ3n) is 3.09. The Morgan fingerprint density at radius 1 is 1.40 bits per heavy atom. The van der Waals surface area contributed by atoms with Gasteiger partial charge in [-0.1, -0.05) is 0 Å². The molecule has 0 amide bonds. The monoisotopic (exact) mass is 278 g/mol. The molecule has 1 aromatic carbocycles. The van der Waals surface area contributed by atoms with Crippen molar-refractivity contribution in [3.05, 3.63) is 47.0 Å². The van der Waals surface area contributed by atoms with Gasteiger partial charge >= 0.3 is 0 Å². The summed E-state index contributed by atoms with van der Waals surface area (Å²) in [7, 11) is 0. The van der Waals surface area contributed by atoms with Gasteiger partial charge in [-0.05, 0) is 39.0 Å². The van der Waals surface area contributed by atoms with Crippen LogP contribution in [0.2, 0.25) is 0 Å². The molecule has 0 radical (unpaired) electrons. The SMILES string of the molecule is CCn1nc(C)cc1COc1ccc([C@H](C)O)c(F)c1. The molecule has 5 heteroatoms. The molecule has 4 nitrogen and oxygen atoms in total. The number of ether oxygens (including phenoxy) is 1. The van der Waals surface area contributed by atoms with Crippen LogP contribution in [0.5, 0.6) is 5.75 Å². The molecule has 0 aliphatic rings. The van der Waals surface area contributed by atoms with Crippen molar-refractivity contribution in [2.24, 2.45) is 0 Å². The number of aliphatic hydroxyl groups excluding tert-OH is 1. The van der Waals surface area contributed by atoms with E-state index in [9.17, 15) is 9.50 Å². The normalized spacial score (nSPS) is 12.4. The lowest BCUT2D eigenvalue weighted by Crippen LogP contribution is -2.06. The summed E-state index contributed by atoms with van der Waals surface area (Å²) in [5, 5.41) is 13.7. The molecular formula is C15H19FN2O2. The summed E-state index contributed by atoms with van der Waals surface area (Å²) in [6, 6.07) is 6.44. The highest BCUT2D eigenvalue weighted by atomic mass is 19.1. The fourth-order valence-electron chi connectivity index (χ4n) is 2.08. The van der Waals surface area contributed by atoms with E-state index in [2.05, 4.69) is 5.10 Å². The molecule has 0 saturated heterocycles. The van der Waals surface area contributed by atoms with Crippen LogP contribution in [0.4, 0.5) is 4.39 Å². The van der Waals surface area contributed by atoms with E-state index in [0.29, 0.717) is 12.4 Å². The molecule has 0 bridgehead atoms. The number of benzene rings is 1. The maximum Gasteiger partial charge on any atom is 0.132 e. The smallest absolute Gasteiger partial charge is 0.132 e. The van der Waals surface area contributed by atoms with Gasteiger partial charge in [-0.2, -0.15) is 5.10 Å². The molecular weight excluding hydrogens is 259 g/mol. The van der Waals surface area contributed by atoms with Crippen LogP contribution in [0.3, 0.4) is 0 Å². The van der Waals surface area contributed by atoms with Crippen molar-refractivity contribution >= 4 is 0 Å². The molecule has 0 aliphatic heterocycles. The van der Waals surface area contributed by atoms with Gasteiger partial charge in [0.1, 0.15) is 18.2 Å². The van der Waals surface area contributed by atoms with Crippen LogP contribution in [0, 0.1) is 12.7 Å². The topological polar surface area (TPSA) is 47.3 Å². The lowest BCUT2D eigenvalue weighted by molar-refractivity contribution is 0.193. The van der Waals surface area contributed by atoms with Crippen LogP contribution in [0.1, 0.15) is 36.9 Å². The van der Waals surface area contributed by atoms with Crippen molar-refractivity contribution in [3.8, 4) is 5.75 Å². The highest BCUT2D eigenvalue weighted by Crippen LogP contribution is 2.22. The van der Waals surface area contributed by atoms with Crippen LogP contribution in [-0.4, -0.2) is 14.9 Å². The number of nitrogens with zero attached hydrogens (tertiary/aromatic N) is 2. The van der Waals surface area contributed by atoms with Crippen molar-refractivity contribution in [3.63, 3.8) is 0 Å². The zero-order valence-corrected chi connectivity index (χ0v) is 11.9. The second kappa shape index (κ2) is 6.05. The Kier molecular flexibility index (Phi) is 4.39. The summed E-state index contributed by atoms with van der Waals surface area (Å²) < 4.78 is 21.2. The summed E-state index contributed by atoms with van der Waals surface area (Å²) in [5.41, 5.74) is 2.15. The second-order valence-electron chi connectivity index (χ2n) is 4.74. The number of aliphatic hydroxyl groups is 1. The standard InChI is InChI=1S/C15H19FN2O2/c1-4-18-12(7-10(2)17-18)9-20-13-5-6-14(11(3)19)15(16)8-13/h5-8,11,19H,4,9H2,1-3H3/t11-/m0/s1. The molecule has 0 saturated carbocycles. The molecule has 0 fully saturated rings. The van der Waals surface area contributed by atoms with Gasteiger partial charge in [0.15, 0.2) is 0 Å². The molecule has 2 aromatic rings. The molecule has 108 valence electrons. The van der Waals surface area contributed by atoms with E-state index in [0.717, 1.165) is 17.9 Å². The van der Waals surface area contributed by atoms with Crippen molar-refractivity contribution in [2.45, 2.75) is 40.0 Å². The zero-order valence-electron chi connectivity index (χ0n) is 11.9. The highest BCUT2D eigenvalue weighted by molar-refractivity contribution is 5.30. The van der Waals surface area contributed by atoms with Crippen LogP contribution < -0.4 is 4.74 Å². The van der Waals surface area contributed by atoms with Gasteiger partial charge in [-0.3, -0.25) is 4.68 Å². The van der Waals surface area contributed by atoms with Gasteiger partial charge in [0.2, 0.25) is 0 Å². The molecule has 0 aliphatic carbocycles. The van der Waals surface area contributed by atoms with Gasteiger partial charge in [0, 0.05) is 18.2 Å². The number of aromatic nitrogens is 2. The van der Waals surface area contributed by atoms with Crippen molar-refractivity contribution in [1.82, 2.24) is 9.78 Å². The molecule has 1 atom stereocenters. The van der Waals surface area contributed by atoms with Crippen molar-refractivity contribution in [2.75, 3.05) is 0 Å². The fourth-order valence-corrected chi connectivity index (χ4v) is 2.08. The minimum absolute atomic E-state index is 0.270. The van der Waals surface area contributed by atoms with Crippen molar-refractivity contribution < 1.29 is 14.2 Å². The van der Waals surface area contributed by atoms with Crippen LogP contribution in [0.25, 0.3) is 0 Å². The average Bonchev–Trinajstić information content (AvgIpc) is 2.76. The highest BCUT2D eigenvalue weighted by Gasteiger charge is 2.10. The summed E-state index contributed by atoms with van der Waals surface area (Å²) in [4.78, 5) is 0. The summed E-state index contributed by atoms with van der Waals surface area (Å²) in [5.74, 6) is -0.0221. The maximum absolute atomic E-state index is 13.7. The van der Waals surface area contributed by atoms with Crippen LogP contribution >= 0.6 is 0 Å². The van der Waals surface area contributed by atoms with Gasteiger partial charge in [0.05, 0.1) is 17.5 Å². The Labute approximate surface area is 117 Å². The Morgan fingerprint density at radius 3 is 2.75 bits per heavy atom. The predicted molar refractivity (Wildman–Crippen MR) is 74.0 cm³/mol. The second-order valence-corrected chi connectivity index (χ2v) is 4.74. The lowest BCUT2D eigenvalue weighted by atomic mass is 10.1. The largest absolute Gasteiger partial charge is 0.487 e. The first kappa shape index (κ1) is 14.5. The summed E-state index contributed by atoms with van der Waals surface area (Å²) >= 11 is 0. The molecule has 2 rings (SSSR count). The molecule has 20 heavy (non-hydrogen) atoms. The van der Waals surface area contributed by atoms with E-state index in [1.165, 1.54) is 19.1 Å². The summed E-state index contributed by atoms with van der Waals surface area (Å²) in [6.45, 7) is 6.56. The molecule has 1 aromatic heterocycles. The van der Waals surface area contributed by atoms with E-state index in [4.69, 9.17) is 4.74 Å². The van der Waals surface area contributed by atoms with Gasteiger partial charge in [0.25, 0.3) is 0 Å². The third-order valence-corrected chi connectivity index (χ3v) is 3.09. The van der Waals surface area contributed by atoms with E-state index in [1.807, 2.05) is 24.6 Å². The van der Waals surface area contributed by atoms with E-state index in [-0.39, 0.29) is 5.56 Å². The Hall–Kier alpha value is -1.88. The average molecular weight is 278 g/mol. The first-order valence-corrected chi connectivity index (χ1v) is 6.65. The zero-order chi connectivity index (χ0) is 14.7. The Balaban J connectivity index is 2.09. The van der Waals surface area contributed by atoms with Crippen molar-refractivity contribution in [1.29, 1.82) is 0 Å². The molecule has 0 unspecified atom stereocenters. The quantitative estimate of drug-likeness (QED) is 0.914. The molecule has 1 N–H and O–H groups in total. The number of hydrogen-bond acceptors (Lipinski definition) is 3. The van der Waals surface area contributed by atoms with E-state index in [1.54, 1.807) is 6.07 Å². The van der Waals surface area contributed by atoms with E-state index < -0.39 is 11.9 Å². The van der Waals surface area contributed by atoms with Gasteiger partial charge < -0.3 is 9.84 Å². The summed E-state index contributed by atoms with van der Waals surface area (Å²) in [6.07, 6.45) is -0.826. The molecule has 0 spiro atoms. The van der Waals surface area contributed by atoms with Crippen LogP contribution in [-0.2, 0) is 13.2 Å². The number of rotatable bonds is 5. The first-order valence-electron chi connectivity index (χ1n) is 6.65. The maximum atomic E-state index is 13.7. The number of halogens is 1. The molecule has 1 heterocycles. The number of hydrogen-bond donors (Lipinski definition) is 1. The predicted octanol–water partition coefficient (Wildman–Crippen LogP) is 2.98. The number of aryl methyl sites for hydroxylation is 2. The van der Waals surface area contributed by atoms with Gasteiger partial charge in [-0.15, -0.1) is 0 Å². The lowest BCUT2D eigenvalue weighted by Gasteiger charge is -2.10. The Bertz CT molecular complexity index is 594. The minimum Gasteiger partial charge on any atom is -0.487 e. The fraction of sp³-hybridized carbons (Fsp3) is 0.400.